The minimum atomic E-state index is -0.0121. The van der Waals surface area contributed by atoms with E-state index in [1.807, 2.05) is 25.1 Å². The third kappa shape index (κ3) is 4.03. The number of hydrogen-bond acceptors (Lipinski definition) is 2. The molecule has 134 valence electrons. The Morgan fingerprint density at radius 2 is 2.08 bits per heavy atom. The standard InChI is InChI=1S/C20H27N3OS/c1-3-21-20(25)23(17-10-5-4-6-11-17)13-16-12-15-9-7-8-14(2)18(15)22-19(16)24/h7-9,12,17H,3-6,10-11,13H2,1-2H3,(H,21,25)(H,22,24). The number of benzene rings is 1. The fourth-order valence-corrected chi connectivity index (χ4v) is 4.10. The number of aryl methyl sites for hydroxylation is 1. The Morgan fingerprint density at radius 1 is 1.32 bits per heavy atom. The van der Waals surface area contributed by atoms with Crippen LogP contribution < -0.4 is 10.9 Å². The normalized spacial score (nSPS) is 15.3. The third-order valence-corrected chi connectivity index (χ3v) is 5.49. The zero-order valence-corrected chi connectivity index (χ0v) is 15.9. The lowest BCUT2D eigenvalue weighted by atomic mass is 9.94. The van der Waals surface area contributed by atoms with Gasteiger partial charge in [-0.05, 0) is 55.9 Å². The van der Waals surface area contributed by atoms with Crippen molar-refractivity contribution in [3.05, 3.63) is 45.7 Å². The number of aromatic nitrogens is 1. The van der Waals surface area contributed by atoms with Crippen molar-refractivity contribution >= 4 is 28.2 Å². The summed E-state index contributed by atoms with van der Waals surface area (Å²) in [6, 6.07) is 8.54. The minimum absolute atomic E-state index is 0.0121. The van der Waals surface area contributed by atoms with Crippen LogP contribution in [0.2, 0.25) is 0 Å². The first kappa shape index (κ1) is 17.9. The second-order valence-electron chi connectivity index (χ2n) is 6.92. The second kappa shape index (κ2) is 8.00. The van der Waals surface area contributed by atoms with Crippen molar-refractivity contribution in [2.24, 2.45) is 0 Å². The van der Waals surface area contributed by atoms with Gasteiger partial charge in [-0.25, -0.2) is 0 Å². The van der Waals surface area contributed by atoms with Crippen LogP contribution in [0.4, 0.5) is 0 Å². The fourth-order valence-electron chi connectivity index (χ4n) is 3.74. The van der Waals surface area contributed by atoms with Crippen LogP contribution in [0.25, 0.3) is 10.9 Å². The Bertz CT molecular complexity index is 808. The van der Waals surface area contributed by atoms with E-state index in [4.69, 9.17) is 12.2 Å². The van der Waals surface area contributed by atoms with Gasteiger partial charge in [0.15, 0.2) is 5.11 Å². The van der Waals surface area contributed by atoms with E-state index >= 15 is 0 Å². The molecular formula is C20H27N3OS. The predicted octanol–water partition coefficient (Wildman–Crippen LogP) is 3.87. The monoisotopic (exact) mass is 357 g/mol. The first-order valence-corrected chi connectivity index (χ1v) is 9.67. The summed E-state index contributed by atoms with van der Waals surface area (Å²) < 4.78 is 0. The van der Waals surface area contributed by atoms with Gasteiger partial charge in [0.2, 0.25) is 0 Å². The summed E-state index contributed by atoms with van der Waals surface area (Å²) in [5.74, 6) is 0. The van der Waals surface area contributed by atoms with E-state index in [2.05, 4.69) is 28.2 Å². The van der Waals surface area contributed by atoms with Gasteiger partial charge in [-0.3, -0.25) is 4.79 Å². The number of hydrogen-bond donors (Lipinski definition) is 2. The molecular weight excluding hydrogens is 330 g/mol. The fraction of sp³-hybridized carbons (Fsp3) is 0.500. The molecule has 1 fully saturated rings. The Balaban J connectivity index is 1.92. The van der Waals surface area contributed by atoms with Crippen molar-refractivity contribution in [1.82, 2.24) is 15.2 Å². The van der Waals surface area contributed by atoms with Gasteiger partial charge in [0.25, 0.3) is 5.56 Å². The number of aromatic amines is 1. The molecule has 1 heterocycles. The van der Waals surface area contributed by atoms with Gasteiger partial charge in [0.05, 0.1) is 12.1 Å². The molecule has 0 spiro atoms. The molecule has 1 aliphatic rings. The van der Waals surface area contributed by atoms with Crippen LogP contribution in [0.1, 0.15) is 50.2 Å². The lowest BCUT2D eigenvalue weighted by molar-refractivity contribution is 0.235. The van der Waals surface area contributed by atoms with E-state index in [0.717, 1.165) is 46.5 Å². The Labute approximate surface area is 154 Å². The second-order valence-corrected chi connectivity index (χ2v) is 7.30. The van der Waals surface area contributed by atoms with Crippen LogP contribution in [-0.4, -0.2) is 27.6 Å². The average Bonchev–Trinajstić information content (AvgIpc) is 2.61. The number of rotatable bonds is 4. The molecule has 1 saturated carbocycles. The first-order chi connectivity index (χ1) is 12.1. The van der Waals surface area contributed by atoms with Gasteiger partial charge in [0, 0.05) is 18.2 Å². The molecule has 0 unspecified atom stereocenters. The van der Waals surface area contributed by atoms with Crippen LogP contribution in [-0.2, 0) is 6.54 Å². The molecule has 5 heteroatoms. The molecule has 0 bridgehead atoms. The quantitative estimate of drug-likeness (QED) is 0.816. The summed E-state index contributed by atoms with van der Waals surface area (Å²) in [7, 11) is 0. The molecule has 0 atom stereocenters. The molecule has 1 aromatic heterocycles. The molecule has 2 N–H and O–H groups in total. The molecule has 2 aromatic rings. The van der Waals surface area contributed by atoms with E-state index in [-0.39, 0.29) is 5.56 Å². The summed E-state index contributed by atoms with van der Waals surface area (Å²) in [5.41, 5.74) is 2.79. The van der Waals surface area contributed by atoms with Gasteiger partial charge in [-0.15, -0.1) is 0 Å². The summed E-state index contributed by atoms with van der Waals surface area (Å²) in [6.07, 6.45) is 6.08. The summed E-state index contributed by atoms with van der Waals surface area (Å²) >= 11 is 5.62. The SMILES string of the molecule is CCNC(=S)N(Cc1cc2cccc(C)c2[nH]c1=O)C1CCCCC1. The zero-order valence-electron chi connectivity index (χ0n) is 15.1. The largest absolute Gasteiger partial charge is 0.363 e. The predicted molar refractivity (Wildman–Crippen MR) is 108 cm³/mol. The molecule has 1 aliphatic carbocycles. The van der Waals surface area contributed by atoms with Crippen LogP contribution in [0.5, 0.6) is 0 Å². The van der Waals surface area contributed by atoms with E-state index < -0.39 is 0 Å². The highest BCUT2D eigenvalue weighted by Gasteiger charge is 2.24. The van der Waals surface area contributed by atoms with Crippen molar-refractivity contribution in [3.63, 3.8) is 0 Å². The zero-order chi connectivity index (χ0) is 17.8. The molecule has 25 heavy (non-hydrogen) atoms. The van der Waals surface area contributed by atoms with Gasteiger partial charge in [-0.1, -0.05) is 37.5 Å². The maximum absolute atomic E-state index is 12.6. The van der Waals surface area contributed by atoms with E-state index in [0.29, 0.717) is 12.6 Å². The van der Waals surface area contributed by atoms with Crippen molar-refractivity contribution < 1.29 is 0 Å². The number of nitrogens with one attached hydrogen (secondary N) is 2. The van der Waals surface area contributed by atoms with Crippen molar-refractivity contribution in [2.45, 2.75) is 58.5 Å². The molecule has 0 aliphatic heterocycles. The van der Waals surface area contributed by atoms with Gasteiger partial charge in [0.1, 0.15) is 0 Å². The number of fused-ring (bicyclic) bond motifs is 1. The van der Waals surface area contributed by atoms with Crippen molar-refractivity contribution in [3.8, 4) is 0 Å². The highest BCUT2D eigenvalue weighted by Crippen LogP contribution is 2.24. The topological polar surface area (TPSA) is 48.1 Å². The molecule has 0 amide bonds. The van der Waals surface area contributed by atoms with Gasteiger partial charge in [-0.2, -0.15) is 0 Å². The average molecular weight is 358 g/mol. The third-order valence-electron chi connectivity index (χ3n) is 5.11. The summed E-state index contributed by atoms with van der Waals surface area (Å²) in [6.45, 7) is 5.44. The van der Waals surface area contributed by atoms with Gasteiger partial charge < -0.3 is 15.2 Å². The molecule has 0 saturated heterocycles. The van der Waals surface area contributed by atoms with E-state index in [1.165, 1.54) is 19.3 Å². The van der Waals surface area contributed by atoms with E-state index in [9.17, 15) is 4.79 Å². The van der Waals surface area contributed by atoms with Crippen LogP contribution in [0.15, 0.2) is 29.1 Å². The summed E-state index contributed by atoms with van der Waals surface area (Å²) in [4.78, 5) is 17.9. The lowest BCUT2D eigenvalue weighted by Gasteiger charge is -2.36. The number of H-pyrrole nitrogens is 1. The number of thiocarbonyl (C=S) groups is 1. The van der Waals surface area contributed by atoms with Crippen LogP contribution in [0.3, 0.4) is 0 Å². The molecule has 3 rings (SSSR count). The number of pyridine rings is 1. The first-order valence-electron chi connectivity index (χ1n) is 9.26. The number of nitrogens with zero attached hydrogens (tertiary/aromatic N) is 1. The van der Waals surface area contributed by atoms with E-state index in [1.54, 1.807) is 0 Å². The highest BCUT2D eigenvalue weighted by atomic mass is 32.1. The van der Waals surface area contributed by atoms with Crippen LogP contribution in [0, 0.1) is 6.92 Å². The Kier molecular flexibility index (Phi) is 5.74. The molecule has 4 nitrogen and oxygen atoms in total. The summed E-state index contributed by atoms with van der Waals surface area (Å²) in [5, 5.41) is 5.11. The van der Waals surface area contributed by atoms with Gasteiger partial charge >= 0.3 is 0 Å². The molecule has 1 aromatic carbocycles. The molecule has 0 radical (unpaired) electrons. The Hall–Kier alpha value is -1.88. The Morgan fingerprint density at radius 3 is 2.80 bits per heavy atom. The maximum atomic E-state index is 12.6. The smallest absolute Gasteiger partial charge is 0.253 e. The highest BCUT2D eigenvalue weighted by molar-refractivity contribution is 7.80. The minimum Gasteiger partial charge on any atom is -0.363 e. The lowest BCUT2D eigenvalue weighted by Crippen LogP contribution is -2.47. The van der Waals surface area contributed by atoms with Crippen molar-refractivity contribution in [2.75, 3.05) is 6.54 Å². The maximum Gasteiger partial charge on any atom is 0.253 e. The van der Waals surface area contributed by atoms with Crippen molar-refractivity contribution in [1.29, 1.82) is 0 Å². The number of para-hydroxylation sites is 1. The van der Waals surface area contributed by atoms with Crippen LogP contribution >= 0.6 is 12.2 Å².